The minimum Gasteiger partial charge on any atom is -0.350 e. The number of rotatable bonds is 2. The van der Waals surface area contributed by atoms with Crippen LogP contribution in [0.5, 0.6) is 0 Å². The normalized spacial score (nSPS) is 18.0. The number of anilines is 3. The van der Waals surface area contributed by atoms with Gasteiger partial charge in [-0.15, -0.1) is 10.2 Å². The van der Waals surface area contributed by atoms with Crippen LogP contribution in [0.15, 0.2) is 24.5 Å². The van der Waals surface area contributed by atoms with Crippen molar-refractivity contribution in [2.24, 2.45) is 5.92 Å². The number of pyridine rings is 1. The van der Waals surface area contributed by atoms with E-state index in [2.05, 4.69) is 54.9 Å². The van der Waals surface area contributed by atoms with E-state index in [0.29, 0.717) is 11.6 Å². The van der Waals surface area contributed by atoms with Crippen LogP contribution in [0.1, 0.15) is 35.0 Å². The van der Waals surface area contributed by atoms with Gasteiger partial charge in [-0.25, -0.2) is 4.68 Å². The highest BCUT2D eigenvalue weighted by molar-refractivity contribution is 5.62. The minimum absolute atomic E-state index is 0.397. The summed E-state index contributed by atoms with van der Waals surface area (Å²) in [4.78, 5) is 9.35. The minimum atomic E-state index is 0.397. The second kappa shape index (κ2) is 7.10. The maximum absolute atomic E-state index is 9.22. The van der Waals surface area contributed by atoms with Crippen molar-refractivity contribution in [1.29, 1.82) is 5.26 Å². The molecule has 0 fully saturated rings. The highest BCUT2D eigenvalue weighted by Gasteiger charge is 2.26. The Hall–Kier alpha value is -3.47. The maximum Gasteiger partial charge on any atom is 0.166 e. The van der Waals surface area contributed by atoms with Crippen LogP contribution in [0.2, 0.25) is 0 Å². The Morgan fingerprint density at radius 1 is 1.17 bits per heavy atom. The molecule has 3 aromatic heterocycles. The summed E-state index contributed by atoms with van der Waals surface area (Å²) >= 11 is 0. The average molecular weight is 400 g/mol. The summed E-state index contributed by atoms with van der Waals surface area (Å²) in [5.74, 6) is 2.49. The molecule has 3 aromatic rings. The third-order valence-electron chi connectivity index (χ3n) is 6.19. The quantitative estimate of drug-likeness (QED) is 0.654. The van der Waals surface area contributed by atoms with E-state index in [0.717, 1.165) is 66.7 Å². The van der Waals surface area contributed by atoms with Crippen LogP contribution in [0.25, 0.3) is 0 Å². The number of hydrogen-bond acceptors (Lipinski definition) is 7. The van der Waals surface area contributed by atoms with E-state index in [-0.39, 0.29) is 0 Å². The molecule has 30 heavy (non-hydrogen) atoms. The van der Waals surface area contributed by atoms with Gasteiger partial charge in [0.05, 0.1) is 18.1 Å². The van der Waals surface area contributed by atoms with Crippen molar-refractivity contribution in [3.63, 3.8) is 0 Å². The van der Waals surface area contributed by atoms with Crippen molar-refractivity contribution in [3.8, 4) is 6.07 Å². The molecule has 8 heteroatoms. The van der Waals surface area contributed by atoms with E-state index in [4.69, 9.17) is 4.98 Å². The van der Waals surface area contributed by atoms with Gasteiger partial charge in [0.1, 0.15) is 11.9 Å². The molecule has 0 spiro atoms. The molecule has 0 saturated heterocycles. The first-order valence-corrected chi connectivity index (χ1v) is 10.3. The topological polar surface area (TPSA) is 86.8 Å². The van der Waals surface area contributed by atoms with E-state index in [1.165, 1.54) is 5.56 Å². The molecule has 0 radical (unpaired) electrons. The van der Waals surface area contributed by atoms with Crippen LogP contribution >= 0.6 is 0 Å². The van der Waals surface area contributed by atoms with Crippen LogP contribution in [0.4, 0.5) is 17.3 Å². The summed E-state index contributed by atoms with van der Waals surface area (Å²) in [6.45, 7) is 9.68. The number of nitrogens with zero attached hydrogens (tertiary/aromatic N) is 8. The van der Waals surface area contributed by atoms with E-state index < -0.39 is 0 Å². The fourth-order valence-corrected chi connectivity index (χ4v) is 4.43. The van der Waals surface area contributed by atoms with Crippen LogP contribution in [0, 0.1) is 31.1 Å². The van der Waals surface area contributed by atoms with Gasteiger partial charge in [-0.2, -0.15) is 10.4 Å². The van der Waals surface area contributed by atoms with Gasteiger partial charge in [-0.3, -0.25) is 4.98 Å². The molecule has 5 heterocycles. The smallest absolute Gasteiger partial charge is 0.166 e. The van der Waals surface area contributed by atoms with Crippen LogP contribution in [-0.2, 0) is 19.5 Å². The fourth-order valence-electron chi connectivity index (χ4n) is 4.43. The van der Waals surface area contributed by atoms with Gasteiger partial charge in [0.25, 0.3) is 0 Å². The molecule has 1 unspecified atom stereocenters. The van der Waals surface area contributed by atoms with Crippen LogP contribution in [-0.4, -0.2) is 38.1 Å². The molecular weight excluding hydrogens is 376 g/mol. The summed E-state index contributed by atoms with van der Waals surface area (Å²) in [5, 5.41) is 22.2. The highest BCUT2D eigenvalue weighted by atomic mass is 15.4. The summed E-state index contributed by atoms with van der Waals surface area (Å²) < 4.78 is 2.07. The Morgan fingerprint density at radius 2 is 2.03 bits per heavy atom. The summed E-state index contributed by atoms with van der Waals surface area (Å²) in [6.07, 6.45) is 4.72. The number of nitriles is 1. The van der Waals surface area contributed by atoms with Gasteiger partial charge >= 0.3 is 0 Å². The monoisotopic (exact) mass is 400 g/mol. The maximum atomic E-state index is 9.22. The number of hydrogen-bond donors (Lipinski definition) is 0. The Bertz CT molecular complexity index is 1160. The second-order valence-electron chi connectivity index (χ2n) is 8.29. The van der Waals surface area contributed by atoms with Crippen molar-refractivity contribution in [2.75, 3.05) is 22.9 Å². The zero-order valence-electron chi connectivity index (χ0n) is 17.5. The van der Waals surface area contributed by atoms with Gasteiger partial charge < -0.3 is 9.80 Å². The molecule has 8 nitrogen and oxygen atoms in total. The van der Waals surface area contributed by atoms with E-state index in [1.807, 2.05) is 26.2 Å². The molecule has 0 bridgehead atoms. The Morgan fingerprint density at radius 3 is 2.87 bits per heavy atom. The largest absolute Gasteiger partial charge is 0.350 e. The first-order valence-electron chi connectivity index (χ1n) is 10.3. The highest BCUT2D eigenvalue weighted by Crippen LogP contribution is 2.33. The van der Waals surface area contributed by atoms with Crippen molar-refractivity contribution in [1.82, 2.24) is 25.0 Å². The molecule has 0 saturated carbocycles. The molecule has 1 atom stereocenters. The van der Waals surface area contributed by atoms with E-state index in [1.54, 1.807) is 0 Å². The predicted molar refractivity (Wildman–Crippen MR) is 114 cm³/mol. The van der Waals surface area contributed by atoms with Gasteiger partial charge in [-0.05, 0) is 42.5 Å². The standard InChI is InChI=1S/C22H24N8/c1-14-11-29(21-4-6-25-30(21)12-14)18-8-17-13-28(7-5-19(17)24-10-18)22-16(3)15(2)20(9-23)26-27-22/h4,6,8,10,14H,5,7,11-13H2,1-3H3. The lowest BCUT2D eigenvalue weighted by Gasteiger charge is -2.35. The van der Waals surface area contributed by atoms with Crippen LogP contribution in [0.3, 0.4) is 0 Å². The van der Waals surface area contributed by atoms with Gasteiger partial charge in [0.15, 0.2) is 11.5 Å². The lowest BCUT2D eigenvalue weighted by Crippen LogP contribution is -2.35. The summed E-state index contributed by atoms with van der Waals surface area (Å²) in [7, 11) is 0. The van der Waals surface area contributed by atoms with Crippen molar-refractivity contribution < 1.29 is 0 Å². The first-order chi connectivity index (χ1) is 14.5. The predicted octanol–water partition coefficient (Wildman–Crippen LogP) is 2.91. The van der Waals surface area contributed by atoms with Crippen molar-refractivity contribution >= 4 is 17.3 Å². The zero-order valence-corrected chi connectivity index (χ0v) is 17.5. The summed E-state index contributed by atoms with van der Waals surface area (Å²) in [6, 6.07) is 6.44. The molecule has 0 aromatic carbocycles. The van der Waals surface area contributed by atoms with Gasteiger partial charge in [-0.1, -0.05) is 6.92 Å². The van der Waals surface area contributed by atoms with Crippen LogP contribution < -0.4 is 9.80 Å². The summed E-state index contributed by atoms with van der Waals surface area (Å²) in [5.41, 5.74) is 5.77. The van der Waals surface area contributed by atoms with Crippen molar-refractivity contribution in [3.05, 3.63) is 52.6 Å². The first kappa shape index (κ1) is 18.6. The Kier molecular flexibility index (Phi) is 4.39. The molecule has 0 aliphatic carbocycles. The lowest BCUT2D eigenvalue weighted by atomic mass is 10.0. The fraction of sp³-hybridized carbons (Fsp3) is 0.409. The third kappa shape index (κ3) is 2.98. The lowest BCUT2D eigenvalue weighted by molar-refractivity contribution is 0.423. The average Bonchev–Trinajstić information content (AvgIpc) is 3.22. The number of aromatic nitrogens is 5. The molecule has 2 aliphatic heterocycles. The van der Waals surface area contributed by atoms with Gasteiger partial charge in [0.2, 0.25) is 0 Å². The Balaban J connectivity index is 1.47. The van der Waals surface area contributed by atoms with Gasteiger partial charge in [0, 0.05) is 44.4 Å². The third-order valence-corrected chi connectivity index (χ3v) is 6.19. The SMILES string of the molecule is Cc1c(C#N)nnc(N2CCc3ncc(N4CC(C)Cn5nccc54)cc3C2)c1C. The van der Waals surface area contributed by atoms with E-state index in [9.17, 15) is 5.26 Å². The molecule has 5 rings (SSSR count). The Labute approximate surface area is 175 Å². The molecule has 0 N–H and O–H groups in total. The molecule has 2 aliphatic rings. The molecule has 0 amide bonds. The second-order valence-corrected chi connectivity index (χ2v) is 8.29. The van der Waals surface area contributed by atoms with E-state index >= 15 is 0 Å². The molecular formula is C22H24N8. The van der Waals surface area contributed by atoms with Crippen molar-refractivity contribution in [2.45, 2.75) is 40.3 Å². The molecule has 152 valence electrons. The zero-order chi connectivity index (χ0) is 20.8. The number of fused-ring (bicyclic) bond motifs is 2.